The van der Waals surface area contributed by atoms with Gasteiger partial charge in [-0.05, 0) is 24.3 Å². The first-order valence-electron chi connectivity index (χ1n) is 6.58. The third-order valence-corrected chi connectivity index (χ3v) is 3.57. The molecular weight excluding hydrogens is 311 g/mol. The molecule has 7 heteroatoms. The summed E-state index contributed by atoms with van der Waals surface area (Å²) in [7, 11) is 1.38. The van der Waals surface area contributed by atoms with Crippen LogP contribution in [0.1, 0.15) is 21.5 Å². The average molecular weight is 321 g/mol. The van der Waals surface area contributed by atoms with Crippen molar-refractivity contribution in [3.8, 4) is 5.75 Å². The molecule has 4 nitrogen and oxygen atoms in total. The summed E-state index contributed by atoms with van der Waals surface area (Å²) in [6, 6.07) is 8.82. The van der Waals surface area contributed by atoms with Gasteiger partial charge in [-0.25, -0.2) is 0 Å². The normalized spacial score (nSPS) is 14.2. The zero-order valence-electron chi connectivity index (χ0n) is 11.8. The van der Waals surface area contributed by atoms with Crippen molar-refractivity contribution in [3.63, 3.8) is 0 Å². The molecule has 1 aliphatic rings. The van der Waals surface area contributed by atoms with Crippen LogP contribution in [0, 0.1) is 5.21 Å². The van der Waals surface area contributed by atoms with E-state index in [0.717, 1.165) is 12.1 Å². The molecule has 0 aromatic heterocycles. The lowest BCUT2D eigenvalue weighted by Crippen LogP contribution is -2.17. The fourth-order valence-electron chi connectivity index (χ4n) is 2.48. The second kappa shape index (κ2) is 5.12. The van der Waals surface area contributed by atoms with E-state index >= 15 is 0 Å². The van der Waals surface area contributed by atoms with E-state index in [0.29, 0.717) is 16.6 Å². The van der Waals surface area contributed by atoms with Crippen molar-refractivity contribution in [1.29, 1.82) is 0 Å². The van der Waals surface area contributed by atoms with Crippen LogP contribution in [-0.4, -0.2) is 23.3 Å². The van der Waals surface area contributed by atoms with Crippen LogP contribution in [0.2, 0.25) is 0 Å². The summed E-state index contributed by atoms with van der Waals surface area (Å²) >= 11 is 0. The van der Waals surface area contributed by atoms with E-state index in [4.69, 9.17) is 4.74 Å². The molecule has 0 atom stereocenters. The second-order valence-corrected chi connectivity index (χ2v) is 4.90. The number of hydrogen-bond acceptors (Lipinski definition) is 3. The Labute approximate surface area is 129 Å². The van der Waals surface area contributed by atoms with Gasteiger partial charge in [-0.15, -0.1) is 0 Å². The highest BCUT2D eigenvalue weighted by molar-refractivity contribution is 6.52. The highest BCUT2D eigenvalue weighted by Gasteiger charge is 2.40. The number of methoxy groups -OCH3 is 1. The zero-order chi connectivity index (χ0) is 16.8. The fourth-order valence-corrected chi connectivity index (χ4v) is 2.48. The van der Waals surface area contributed by atoms with Crippen LogP contribution in [-0.2, 0) is 6.18 Å². The van der Waals surface area contributed by atoms with Gasteiger partial charge in [-0.2, -0.15) is 17.9 Å². The van der Waals surface area contributed by atoms with E-state index in [-0.39, 0.29) is 22.5 Å². The molecular formula is C16H10F3NO3. The summed E-state index contributed by atoms with van der Waals surface area (Å²) in [5.74, 6) is -0.467. The minimum atomic E-state index is -4.59. The van der Waals surface area contributed by atoms with Crippen molar-refractivity contribution >= 4 is 17.2 Å². The second-order valence-electron chi connectivity index (χ2n) is 4.90. The molecule has 2 aromatic rings. The van der Waals surface area contributed by atoms with Crippen LogP contribution in [0.15, 0.2) is 42.5 Å². The molecule has 0 amide bonds. The van der Waals surface area contributed by atoms with E-state index in [9.17, 15) is 23.2 Å². The Morgan fingerprint density at radius 2 is 1.78 bits per heavy atom. The Kier molecular flexibility index (Phi) is 3.35. The first-order valence-corrected chi connectivity index (χ1v) is 6.58. The van der Waals surface area contributed by atoms with Gasteiger partial charge >= 0.3 is 6.18 Å². The topological polar surface area (TPSA) is 52.4 Å². The number of alkyl halides is 3. The molecule has 0 N–H and O–H groups in total. The van der Waals surface area contributed by atoms with Crippen molar-refractivity contribution < 1.29 is 27.4 Å². The number of ether oxygens (including phenoxy) is 1. The van der Waals surface area contributed by atoms with Crippen LogP contribution in [0.4, 0.5) is 18.9 Å². The van der Waals surface area contributed by atoms with E-state index in [1.54, 1.807) is 18.2 Å². The van der Waals surface area contributed by atoms with Gasteiger partial charge in [-0.3, -0.25) is 4.79 Å². The molecule has 0 unspecified atom stereocenters. The molecule has 0 radical (unpaired) electrons. The number of para-hydroxylation sites is 1. The molecule has 0 bridgehead atoms. The van der Waals surface area contributed by atoms with Gasteiger partial charge in [0, 0.05) is 6.07 Å². The predicted octanol–water partition coefficient (Wildman–Crippen LogP) is 3.54. The number of rotatable bonds is 2. The monoisotopic (exact) mass is 321 g/mol. The Hall–Kier alpha value is -2.83. The number of hydrogen-bond donors (Lipinski definition) is 0. The van der Waals surface area contributed by atoms with Crippen molar-refractivity contribution in [2.75, 3.05) is 7.11 Å². The van der Waals surface area contributed by atoms with E-state index in [2.05, 4.69) is 0 Å². The minimum Gasteiger partial charge on any atom is -0.618 e. The highest BCUT2D eigenvalue weighted by atomic mass is 19.4. The van der Waals surface area contributed by atoms with Crippen molar-refractivity contribution in [3.05, 3.63) is 64.4 Å². The van der Waals surface area contributed by atoms with Crippen molar-refractivity contribution in [2.24, 2.45) is 0 Å². The molecule has 2 aromatic carbocycles. The van der Waals surface area contributed by atoms with Gasteiger partial charge < -0.3 is 9.94 Å². The number of carbonyl (C=O) groups is 1. The van der Waals surface area contributed by atoms with Gasteiger partial charge in [0.2, 0.25) is 5.69 Å². The van der Waals surface area contributed by atoms with Gasteiger partial charge in [0.25, 0.3) is 11.5 Å². The van der Waals surface area contributed by atoms with Gasteiger partial charge in [-0.1, -0.05) is 12.1 Å². The number of halogens is 3. The molecule has 1 heterocycles. The van der Waals surface area contributed by atoms with Crippen LogP contribution in [0.25, 0.3) is 0 Å². The maximum atomic E-state index is 12.8. The SMILES string of the molecule is COc1ccccc1C1=[N+]([O-])c2ccc(C(F)(F)F)cc2C1=O. The smallest absolute Gasteiger partial charge is 0.416 e. The fraction of sp³-hybridized carbons (Fsp3) is 0.125. The lowest BCUT2D eigenvalue weighted by molar-refractivity contribution is -0.355. The van der Waals surface area contributed by atoms with Gasteiger partial charge in [0.05, 0.1) is 18.2 Å². The Morgan fingerprint density at radius 3 is 2.43 bits per heavy atom. The highest BCUT2D eigenvalue weighted by Crippen LogP contribution is 2.36. The Balaban J connectivity index is 2.16. The number of benzene rings is 2. The lowest BCUT2D eigenvalue weighted by atomic mass is 10.0. The molecule has 1 aliphatic heterocycles. The van der Waals surface area contributed by atoms with E-state index < -0.39 is 17.5 Å². The summed E-state index contributed by atoms with van der Waals surface area (Å²) in [5, 5.41) is 12.4. The van der Waals surface area contributed by atoms with E-state index in [1.165, 1.54) is 13.2 Å². The molecule has 0 spiro atoms. The molecule has 118 valence electrons. The average Bonchev–Trinajstić information content (AvgIpc) is 2.77. The molecule has 0 aliphatic carbocycles. The Morgan fingerprint density at radius 1 is 1.09 bits per heavy atom. The van der Waals surface area contributed by atoms with Crippen molar-refractivity contribution in [2.45, 2.75) is 6.18 Å². The molecule has 0 saturated carbocycles. The standard InChI is InChI=1S/C16H10F3NO3/c1-23-13-5-3-2-4-10(13)14-15(21)11-8-9(16(17,18)19)6-7-12(11)20(14)22/h2-8H,1H3. The number of carbonyl (C=O) groups excluding carboxylic acids is 1. The van der Waals surface area contributed by atoms with Crippen LogP contribution in [0.5, 0.6) is 5.75 Å². The third-order valence-electron chi connectivity index (χ3n) is 3.57. The summed E-state index contributed by atoms with van der Waals surface area (Å²) in [6.07, 6.45) is -4.59. The van der Waals surface area contributed by atoms with E-state index in [1.807, 2.05) is 0 Å². The van der Waals surface area contributed by atoms with Crippen LogP contribution < -0.4 is 4.74 Å². The largest absolute Gasteiger partial charge is 0.618 e. The maximum Gasteiger partial charge on any atom is 0.416 e. The summed E-state index contributed by atoms with van der Waals surface area (Å²) in [5.41, 5.74) is -1.37. The maximum absolute atomic E-state index is 12.8. The third kappa shape index (κ3) is 2.34. The first kappa shape index (κ1) is 15.1. The first-order chi connectivity index (χ1) is 10.8. The van der Waals surface area contributed by atoms with Crippen LogP contribution in [0.3, 0.4) is 0 Å². The number of fused-ring (bicyclic) bond motifs is 1. The molecule has 0 fully saturated rings. The number of Topliss-reactive ketones (excluding diaryl/α,β-unsaturated/α-hetero) is 1. The summed E-state index contributed by atoms with van der Waals surface area (Å²) in [6.45, 7) is 0. The summed E-state index contributed by atoms with van der Waals surface area (Å²) in [4.78, 5) is 12.5. The van der Waals surface area contributed by atoms with Crippen molar-refractivity contribution in [1.82, 2.24) is 0 Å². The Bertz CT molecular complexity index is 841. The minimum absolute atomic E-state index is 0.107. The van der Waals surface area contributed by atoms with Gasteiger partial charge in [0.15, 0.2) is 0 Å². The predicted molar refractivity (Wildman–Crippen MR) is 76.2 cm³/mol. The van der Waals surface area contributed by atoms with Crippen LogP contribution >= 0.6 is 0 Å². The number of nitrogens with zero attached hydrogens (tertiary/aromatic N) is 1. The molecule has 3 rings (SSSR count). The molecule has 23 heavy (non-hydrogen) atoms. The summed E-state index contributed by atoms with van der Waals surface area (Å²) < 4.78 is 43.8. The quantitative estimate of drug-likeness (QED) is 0.628. The molecule has 0 saturated heterocycles. The lowest BCUT2D eigenvalue weighted by Gasteiger charge is -2.07. The van der Waals surface area contributed by atoms with Gasteiger partial charge in [0.1, 0.15) is 11.3 Å². The number of ketones is 1. The zero-order valence-corrected chi connectivity index (χ0v) is 11.8.